The molecule has 4 rings (SSSR count). The topological polar surface area (TPSA) is 167 Å². The maximum absolute atomic E-state index is 13.5. The van der Waals surface area contributed by atoms with E-state index in [4.69, 9.17) is 4.74 Å². The van der Waals surface area contributed by atoms with Crippen molar-refractivity contribution < 1.29 is 37.4 Å². The first kappa shape index (κ1) is 34.2. The van der Waals surface area contributed by atoms with Crippen LogP contribution in [0.5, 0.6) is 5.75 Å². The highest BCUT2D eigenvalue weighted by Crippen LogP contribution is 2.42. The van der Waals surface area contributed by atoms with Crippen molar-refractivity contribution in [2.45, 2.75) is 68.2 Å². The minimum atomic E-state index is -4.07. The van der Waals surface area contributed by atoms with E-state index in [2.05, 4.69) is 10.3 Å². The molecule has 0 spiro atoms. The fourth-order valence-electron chi connectivity index (χ4n) is 5.19. The van der Waals surface area contributed by atoms with E-state index in [9.17, 15) is 32.7 Å². The molecule has 2 saturated heterocycles. The van der Waals surface area contributed by atoms with Gasteiger partial charge in [-0.15, -0.1) is 11.8 Å². The Hall–Kier alpha value is -3.69. The predicted octanol–water partition coefficient (Wildman–Crippen LogP) is 2.57. The molecular weight excluding hydrogens is 622 g/mol. The maximum Gasteiger partial charge on any atom is 0.415 e. The molecule has 13 nitrogen and oxygen atoms in total. The van der Waals surface area contributed by atoms with E-state index in [1.165, 1.54) is 53.3 Å². The lowest BCUT2D eigenvalue weighted by molar-refractivity contribution is -0.142. The van der Waals surface area contributed by atoms with Gasteiger partial charge in [-0.05, 0) is 50.1 Å². The molecular formula is C30H39N5O8S2. The summed E-state index contributed by atoms with van der Waals surface area (Å²) < 4.78 is 32.4. The number of nitrogens with one attached hydrogen (secondary N) is 1. The molecule has 0 unspecified atom stereocenters. The number of amides is 3. The first-order valence-electron chi connectivity index (χ1n) is 14.8. The second-order valence-corrected chi connectivity index (χ2v) is 14.9. The Labute approximate surface area is 267 Å². The highest BCUT2D eigenvalue weighted by Gasteiger charge is 2.51. The fraction of sp³-hybridized carbons (Fsp3) is 0.500. The number of benzene rings is 1. The summed E-state index contributed by atoms with van der Waals surface area (Å²) in [6.45, 7) is 7.14. The van der Waals surface area contributed by atoms with Crippen LogP contribution in [0.25, 0.3) is 0 Å². The van der Waals surface area contributed by atoms with Crippen LogP contribution in [0, 0.1) is 0 Å². The summed E-state index contributed by atoms with van der Waals surface area (Å²) in [5, 5.41) is 12.4. The number of carbonyl (C=O) groups excluding carboxylic acids is 3. The molecule has 2 atom stereocenters. The van der Waals surface area contributed by atoms with Crippen molar-refractivity contribution in [1.82, 2.24) is 24.4 Å². The Bertz CT molecular complexity index is 1480. The van der Waals surface area contributed by atoms with Gasteiger partial charge in [-0.3, -0.25) is 14.6 Å². The summed E-state index contributed by atoms with van der Waals surface area (Å²) in [5.74, 6) is -1.62. The molecule has 2 aliphatic heterocycles. The third-order valence-electron chi connectivity index (χ3n) is 7.82. The van der Waals surface area contributed by atoms with Gasteiger partial charge in [0.2, 0.25) is 21.8 Å². The van der Waals surface area contributed by atoms with Crippen molar-refractivity contribution in [2.24, 2.45) is 0 Å². The summed E-state index contributed by atoms with van der Waals surface area (Å²) in [4.78, 5) is 57.7. The van der Waals surface area contributed by atoms with Gasteiger partial charge in [0.25, 0.3) is 0 Å². The summed E-state index contributed by atoms with van der Waals surface area (Å²) in [5.41, 5.74) is 0.557. The number of aromatic nitrogens is 1. The SMILES string of the molecule is CCCCC(=O)N1CCN(C(=O)Oc2ccc(C[C@H](NC(=O)[C@H]3N(S(=O)(=O)c4cccnc4)CSC3(C)C)C(=O)O)cc2)CC1. The van der Waals surface area contributed by atoms with Gasteiger partial charge < -0.3 is 25.0 Å². The van der Waals surface area contributed by atoms with Gasteiger partial charge in [0.05, 0.1) is 5.88 Å². The molecule has 0 radical (unpaired) electrons. The first-order valence-corrected chi connectivity index (χ1v) is 17.2. The molecule has 0 saturated carbocycles. The van der Waals surface area contributed by atoms with Crippen LogP contribution >= 0.6 is 11.8 Å². The van der Waals surface area contributed by atoms with Crippen molar-refractivity contribution >= 4 is 45.7 Å². The molecule has 45 heavy (non-hydrogen) atoms. The second-order valence-electron chi connectivity index (χ2n) is 11.4. The van der Waals surface area contributed by atoms with Gasteiger partial charge in [-0.2, -0.15) is 4.31 Å². The van der Waals surface area contributed by atoms with Crippen molar-refractivity contribution in [3.8, 4) is 5.75 Å². The molecule has 1 aromatic carbocycles. The van der Waals surface area contributed by atoms with E-state index in [0.29, 0.717) is 38.2 Å². The number of carbonyl (C=O) groups is 4. The number of carboxylic acids is 1. The number of nitrogens with zero attached hydrogens (tertiary/aromatic N) is 4. The number of pyridine rings is 1. The number of unbranched alkanes of at least 4 members (excludes halogenated alkanes) is 1. The largest absolute Gasteiger partial charge is 0.480 e. The van der Waals surface area contributed by atoms with E-state index >= 15 is 0 Å². The van der Waals surface area contributed by atoms with Crippen LogP contribution in [0.2, 0.25) is 0 Å². The van der Waals surface area contributed by atoms with Crippen molar-refractivity contribution in [1.29, 1.82) is 0 Å². The zero-order valence-corrected chi connectivity index (χ0v) is 27.2. The van der Waals surface area contributed by atoms with Crippen LogP contribution in [-0.4, -0.2) is 105 Å². The summed E-state index contributed by atoms with van der Waals surface area (Å²) in [7, 11) is -4.07. The number of ether oxygens (including phenoxy) is 1. The first-order chi connectivity index (χ1) is 21.3. The number of piperazine rings is 1. The third kappa shape index (κ3) is 8.32. The monoisotopic (exact) mass is 661 g/mol. The molecule has 2 N–H and O–H groups in total. The smallest absolute Gasteiger partial charge is 0.415 e. The number of rotatable bonds is 11. The van der Waals surface area contributed by atoms with E-state index in [1.807, 2.05) is 6.92 Å². The lowest BCUT2D eigenvalue weighted by atomic mass is 10.0. The average Bonchev–Trinajstić information content (AvgIpc) is 3.36. The zero-order chi connectivity index (χ0) is 32.8. The molecule has 3 heterocycles. The molecule has 3 amide bonds. The van der Waals surface area contributed by atoms with Crippen LogP contribution in [0.15, 0.2) is 53.7 Å². The maximum atomic E-state index is 13.5. The van der Waals surface area contributed by atoms with E-state index < -0.39 is 44.8 Å². The predicted molar refractivity (Wildman–Crippen MR) is 167 cm³/mol. The summed E-state index contributed by atoms with van der Waals surface area (Å²) in [6, 6.07) is 6.66. The Morgan fingerprint density at radius 1 is 1.09 bits per heavy atom. The molecule has 244 valence electrons. The standard InChI is InChI=1S/C30H39N5O8S2/c1-4-5-8-25(36)33-14-16-34(17-15-33)29(40)43-22-11-9-21(10-12-22)18-24(28(38)39)32-27(37)26-30(2,3)44-20-35(26)45(41,42)23-7-6-13-31-19-23/h6-7,9-13,19,24,26H,4-5,8,14-18,20H2,1-3H3,(H,32,37)(H,38,39)/t24-,26+/m0/s1. The van der Waals surface area contributed by atoms with E-state index in [-0.39, 0.29) is 28.8 Å². The van der Waals surface area contributed by atoms with Crippen LogP contribution in [-0.2, 0) is 30.8 Å². The quantitative estimate of drug-likeness (QED) is 0.366. The number of carboxylic acid groups (broad SMARTS) is 1. The Morgan fingerprint density at radius 2 is 1.76 bits per heavy atom. The molecule has 1 aromatic heterocycles. The van der Waals surface area contributed by atoms with Gasteiger partial charge >= 0.3 is 12.1 Å². The van der Waals surface area contributed by atoms with Gasteiger partial charge in [0, 0.05) is 56.2 Å². The molecule has 2 aromatic rings. The van der Waals surface area contributed by atoms with Crippen LogP contribution in [0.3, 0.4) is 0 Å². The number of aliphatic carboxylic acids is 1. The highest BCUT2D eigenvalue weighted by atomic mass is 32.2. The molecule has 2 aliphatic rings. The van der Waals surface area contributed by atoms with Gasteiger partial charge in [0.1, 0.15) is 22.7 Å². The Morgan fingerprint density at radius 3 is 2.36 bits per heavy atom. The van der Waals surface area contributed by atoms with E-state index in [0.717, 1.165) is 17.1 Å². The average molecular weight is 662 g/mol. The van der Waals surface area contributed by atoms with Gasteiger partial charge in [0.15, 0.2) is 0 Å². The third-order valence-corrected chi connectivity index (χ3v) is 11.1. The highest BCUT2D eigenvalue weighted by molar-refractivity contribution is 8.02. The molecule has 0 bridgehead atoms. The van der Waals surface area contributed by atoms with Gasteiger partial charge in [-0.25, -0.2) is 18.0 Å². The minimum Gasteiger partial charge on any atom is -0.480 e. The van der Waals surface area contributed by atoms with Crippen molar-refractivity contribution in [2.75, 3.05) is 32.1 Å². The molecule has 2 fully saturated rings. The number of thioether (sulfide) groups is 1. The van der Waals surface area contributed by atoms with Crippen molar-refractivity contribution in [3.05, 3.63) is 54.4 Å². The summed E-state index contributed by atoms with van der Waals surface area (Å²) in [6.07, 6.45) is 4.31. The van der Waals surface area contributed by atoms with Gasteiger partial charge in [-0.1, -0.05) is 25.5 Å². The van der Waals surface area contributed by atoms with Crippen LogP contribution in [0.4, 0.5) is 4.79 Å². The fourth-order valence-corrected chi connectivity index (χ4v) is 8.32. The van der Waals surface area contributed by atoms with Crippen molar-refractivity contribution in [3.63, 3.8) is 0 Å². The Balaban J connectivity index is 1.36. The normalized spacial score (nSPS) is 19.1. The number of sulfonamides is 1. The van der Waals surface area contributed by atoms with Crippen LogP contribution in [0.1, 0.15) is 45.6 Å². The number of hydrogen-bond donors (Lipinski definition) is 2. The second kappa shape index (κ2) is 14.6. The lowest BCUT2D eigenvalue weighted by Gasteiger charge is -2.34. The molecule has 0 aliphatic carbocycles. The zero-order valence-electron chi connectivity index (χ0n) is 25.5. The lowest BCUT2D eigenvalue weighted by Crippen LogP contribution is -2.56. The van der Waals surface area contributed by atoms with Crippen LogP contribution < -0.4 is 10.1 Å². The number of hydrogen-bond acceptors (Lipinski definition) is 9. The van der Waals surface area contributed by atoms with E-state index in [1.54, 1.807) is 30.9 Å². The molecule has 15 heteroatoms. The Kier molecular flexibility index (Phi) is 11.1. The minimum absolute atomic E-state index is 0.0208. The summed E-state index contributed by atoms with van der Waals surface area (Å²) >= 11 is 1.28.